The van der Waals surface area contributed by atoms with Crippen LogP contribution in [0.15, 0.2) is 16.5 Å². The normalized spacial score (nSPS) is 24.3. The van der Waals surface area contributed by atoms with E-state index in [1.165, 1.54) is 12.8 Å². The van der Waals surface area contributed by atoms with Gasteiger partial charge in [0.2, 0.25) is 0 Å². The highest BCUT2D eigenvalue weighted by Crippen LogP contribution is 2.32. The van der Waals surface area contributed by atoms with Crippen molar-refractivity contribution >= 4 is 0 Å². The summed E-state index contributed by atoms with van der Waals surface area (Å²) in [4.78, 5) is 2.51. The van der Waals surface area contributed by atoms with E-state index in [0.29, 0.717) is 0 Å². The van der Waals surface area contributed by atoms with Crippen molar-refractivity contribution in [1.82, 2.24) is 4.90 Å². The SMILES string of the molecule is CCC1CCN(C(c2ccc(C)o2)C(N)CC)C1. The number of nitrogens with zero attached hydrogens (tertiary/aromatic N) is 1. The molecule has 0 bridgehead atoms. The molecule has 3 nitrogen and oxygen atoms in total. The molecule has 3 unspecified atom stereocenters. The average molecular weight is 250 g/mol. The number of nitrogens with two attached hydrogens (primary N) is 1. The molecule has 0 spiro atoms. The van der Waals surface area contributed by atoms with Gasteiger partial charge in [0.05, 0.1) is 6.04 Å². The van der Waals surface area contributed by atoms with Gasteiger partial charge in [-0.2, -0.15) is 0 Å². The monoisotopic (exact) mass is 250 g/mol. The van der Waals surface area contributed by atoms with Crippen LogP contribution in [0.2, 0.25) is 0 Å². The van der Waals surface area contributed by atoms with Crippen LogP contribution in [-0.4, -0.2) is 24.0 Å². The molecule has 1 fully saturated rings. The molecule has 2 N–H and O–H groups in total. The van der Waals surface area contributed by atoms with E-state index in [0.717, 1.165) is 36.9 Å². The molecule has 1 aliphatic rings. The van der Waals surface area contributed by atoms with Gasteiger partial charge in [0.15, 0.2) is 0 Å². The van der Waals surface area contributed by atoms with Gasteiger partial charge in [0.25, 0.3) is 0 Å². The fraction of sp³-hybridized carbons (Fsp3) is 0.733. The van der Waals surface area contributed by atoms with Crippen molar-refractivity contribution in [1.29, 1.82) is 0 Å². The Morgan fingerprint density at radius 3 is 2.72 bits per heavy atom. The quantitative estimate of drug-likeness (QED) is 0.873. The van der Waals surface area contributed by atoms with Crippen molar-refractivity contribution in [3.05, 3.63) is 23.7 Å². The predicted molar refractivity (Wildman–Crippen MR) is 74.4 cm³/mol. The first kappa shape index (κ1) is 13.6. The van der Waals surface area contributed by atoms with E-state index in [1.807, 2.05) is 13.0 Å². The van der Waals surface area contributed by atoms with Gasteiger partial charge in [0.1, 0.15) is 11.5 Å². The Balaban J connectivity index is 2.16. The van der Waals surface area contributed by atoms with Gasteiger partial charge in [-0.1, -0.05) is 20.3 Å². The zero-order valence-electron chi connectivity index (χ0n) is 11.9. The second-order valence-corrected chi connectivity index (χ2v) is 5.52. The fourth-order valence-electron chi connectivity index (χ4n) is 2.95. The lowest BCUT2D eigenvalue weighted by Crippen LogP contribution is -2.39. The summed E-state index contributed by atoms with van der Waals surface area (Å²) in [6.07, 6.45) is 3.54. The lowest BCUT2D eigenvalue weighted by atomic mass is 10.0. The fourth-order valence-corrected chi connectivity index (χ4v) is 2.95. The largest absolute Gasteiger partial charge is 0.465 e. The van der Waals surface area contributed by atoms with Crippen molar-refractivity contribution < 1.29 is 4.42 Å². The van der Waals surface area contributed by atoms with Crippen molar-refractivity contribution in [3.63, 3.8) is 0 Å². The van der Waals surface area contributed by atoms with Crippen molar-refractivity contribution in [2.24, 2.45) is 11.7 Å². The Bertz CT molecular complexity index is 374. The molecule has 3 heteroatoms. The average Bonchev–Trinajstić information content (AvgIpc) is 2.99. The Hall–Kier alpha value is -0.800. The zero-order chi connectivity index (χ0) is 13.1. The molecule has 2 rings (SSSR count). The summed E-state index contributed by atoms with van der Waals surface area (Å²) in [6, 6.07) is 4.54. The van der Waals surface area contributed by atoms with Gasteiger partial charge in [-0.25, -0.2) is 0 Å². The minimum Gasteiger partial charge on any atom is -0.465 e. The molecule has 0 radical (unpaired) electrons. The molecular weight excluding hydrogens is 224 g/mol. The molecule has 0 aromatic carbocycles. The van der Waals surface area contributed by atoms with Crippen molar-refractivity contribution in [2.45, 2.75) is 52.1 Å². The number of furan rings is 1. The first-order valence-corrected chi connectivity index (χ1v) is 7.21. The molecule has 1 aromatic rings. The van der Waals surface area contributed by atoms with E-state index < -0.39 is 0 Å². The molecule has 102 valence electrons. The number of rotatable bonds is 5. The minimum atomic E-state index is 0.158. The summed E-state index contributed by atoms with van der Waals surface area (Å²) in [6.45, 7) is 8.74. The second-order valence-electron chi connectivity index (χ2n) is 5.52. The molecule has 3 atom stereocenters. The number of likely N-dealkylation sites (tertiary alicyclic amines) is 1. The van der Waals surface area contributed by atoms with Crippen molar-refractivity contribution in [3.8, 4) is 0 Å². The number of aryl methyl sites for hydroxylation is 1. The van der Waals surface area contributed by atoms with Crippen molar-refractivity contribution in [2.75, 3.05) is 13.1 Å². The third-order valence-electron chi connectivity index (χ3n) is 4.22. The van der Waals surface area contributed by atoms with Gasteiger partial charge in [-0.15, -0.1) is 0 Å². The predicted octanol–water partition coefficient (Wildman–Crippen LogP) is 3.10. The highest BCUT2D eigenvalue weighted by Gasteiger charge is 2.33. The van der Waals surface area contributed by atoms with Crippen LogP contribution in [0.5, 0.6) is 0 Å². The standard InChI is InChI=1S/C15H26N2O/c1-4-12-8-9-17(10-12)15(13(16)5-2)14-7-6-11(3)18-14/h6-7,12-13,15H,4-5,8-10,16H2,1-3H3. The molecule has 0 saturated carbocycles. The van der Waals surface area contributed by atoms with Crippen LogP contribution in [0.4, 0.5) is 0 Å². The Labute approximate surface area is 110 Å². The lowest BCUT2D eigenvalue weighted by molar-refractivity contribution is 0.174. The highest BCUT2D eigenvalue weighted by atomic mass is 16.3. The molecule has 2 heterocycles. The van der Waals surface area contributed by atoms with Crippen LogP contribution in [0.3, 0.4) is 0 Å². The van der Waals surface area contributed by atoms with Crippen LogP contribution < -0.4 is 5.73 Å². The molecular formula is C15H26N2O. The van der Waals surface area contributed by atoms with E-state index in [-0.39, 0.29) is 12.1 Å². The van der Waals surface area contributed by atoms with Gasteiger partial charge >= 0.3 is 0 Å². The maximum Gasteiger partial charge on any atom is 0.122 e. The first-order valence-electron chi connectivity index (χ1n) is 7.21. The van der Waals surface area contributed by atoms with E-state index in [2.05, 4.69) is 24.8 Å². The smallest absolute Gasteiger partial charge is 0.122 e. The summed E-state index contributed by atoms with van der Waals surface area (Å²) < 4.78 is 5.83. The first-order chi connectivity index (χ1) is 8.65. The van der Waals surface area contributed by atoms with Crippen LogP contribution >= 0.6 is 0 Å². The Morgan fingerprint density at radius 2 is 2.22 bits per heavy atom. The third kappa shape index (κ3) is 2.78. The molecule has 1 aliphatic heterocycles. The summed E-state index contributed by atoms with van der Waals surface area (Å²) in [5, 5.41) is 0. The van der Waals surface area contributed by atoms with Crippen LogP contribution in [0.25, 0.3) is 0 Å². The maximum atomic E-state index is 6.32. The Kier molecular flexibility index (Phi) is 4.46. The van der Waals surface area contributed by atoms with Gasteiger partial charge in [0, 0.05) is 12.6 Å². The second kappa shape index (κ2) is 5.89. The van der Waals surface area contributed by atoms with Crippen LogP contribution in [0, 0.1) is 12.8 Å². The van der Waals surface area contributed by atoms with Gasteiger partial charge in [-0.3, -0.25) is 4.90 Å². The summed E-state index contributed by atoms with van der Waals surface area (Å²) in [5.41, 5.74) is 6.32. The maximum absolute atomic E-state index is 6.32. The summed E-state index contributed by atoms with van der Waals surface area (Å²) >= 11 is 0. The molecule has 0 aliphatic carbocycles. The van der Waals surface area contributed by atoms with Crippen LogP contribution in [-0.2, 0) is 0 Å². The molecule has 1 saturated heterocycles. The van der Waals surface area contributed by atoms with E-state index in [9.17, 15) is 0 Å². The van der Waals surface area contributed by atoms with E-state index in [4.69, 9.17) is 10.2 Å². The Morgan fingerprint density at radius 1 is 1.44 bits per heavy atom. The third-order valence-corrected chi connectivity index (χ3v) is 4.22. The van der Waals surface area contributed by atoms with Crippen LogP contribution in [0.1, 0.15) is 50.7 Å². The molecule has 18 heavy (non-hydrogen) atoms. The summed E-state index contributed by atoms with van der Waals surface area (Å²) in [7, 11) is 0. The summed E-state index contributed by atoms with van der Waals surface area (Å²) in [5.74, 6) is 2.84. The van der Waals surface area contributed by atoms with Gasteiger partial charge in [-0.05, 0) is 44.4 Å². The zero-order valence-corrected chi connectivity index (χ0v) is 11.9. The number of hydrogen-bond acceptors (Lipinski definition) is 3. The number of hydrogen-bond donors (Lipinski definition) is 1. The minimum absolute atomic E-state index is 0.158. The molecule has 0 amide bonds. The van der Waals surface area contributed by atoms with E-state index >= 15 is 0 Å². The van der Waals surface area contributed by atoms with E-state index in [1.54, 1.807) is 0 Å². The van der Waals surface area contributed by atoms with Gasteiger partial charge < -0.3 is 10.2 Å². The lowest BCUT2D eigenvalue weighted by Gasteiger charge is -2.30. The topological polar surface area (TPSA) is 42.4 Å². The highest BCUT2D eigenvalue weighted by molar-refractivity contribution is 5.12. The molecule has 1 aromatic heterocycles.